The Morgan fingerprint density at radius 1 is 1.27 bits per heavy atom. The molecule has 17 heteroatoms. The monoisotopic (exact) mass is 586 g/mol. The van der Waals surface area contributed by atoms with Crippen LogP contribution >= 0.6 is 7.82 Å². The molecular weight excluding hydrogens is 553 g/mol. The minimum absolute atomic E-state index is 0.0576. The third-order valence-electron chi connectivity index (χ3n) is 6.06. The number of nitrogens with zero attached hydrogens (tertiary/aromatic N) is 4. The van der Waals surface area contributed by atoms with Gasteiger partial charge in [-0.05, 0) is 18.6 Å². The number of hydrogen-bond acceptors (Lipinski definition) is 10. The standard InChI is InChI=1S/C23H32N5O11P/c1-4-9-27-13-25-19-16(27)21(31)28(23(33)26(19)3)10-11-37-22(32)14(5-2)7-6-8-24-20-18(30)17(29)15(39-20)12-38-40(34,35)36/h5-8,13,15,17-18,20,24,29-30H,2,4,9-12H2,1,3H3,(H2,34,35,36)/p+1/b8-6-,14-7+/t15?,17-,18-,20?/m1/s1. The van der Waals surface area contributed by atoms with Crippen LogP contribution in [0.2, 0.25) is 0 Å². The number of phosphoric ester groups is 1. The number of aliphatic hydroxyl groups is 2. The van der Waals surface area contributed by atoms with Crippen molar-refractivity contribution in [1.82, 2.24) is 18.7 Å². The number of ether oxygens (including phenoxy) is 2. The number of quaternary nitrogens is 1. The highest BCUT2D eigenvalue weighted by Crippen LogP contribution is 2.36. The SMILES string of the molecule is C=C/C(=C\C=C/[NH2+]C1OC(COP(=O)(O)O)[C@@H](O)[C@H]1O)C(=O)OCCn1c(=O)c2c(ncn2CCC)n(C)c1=O. The molecule has 2 unspecified atom stereocenters. The molecule has 3 heterocycles. The lowest BCUT2D eigenvalue weighted by atomic mass is 10.1. The summed E-state index contributed by atoms with van der Waals surface area (Å²) in [5.41, 5.74) is -0.512. The summed E-state index contributed by atoms with van der Waals surface area (Å²) in [6.07, 6.45) is 2.73. The first kappa shape index (κ1) is 31.3. The number of fused-ring (bicyclic) bond motifs is 1. The van der Waals surface area contributed by atoms with Crippen LogP contribution < -0.4 is 16.6 Å². The van der Waals surface area contributed by atoms with E-state index in [2.05, 4.69) is 16.1 Å². The van der Waals surface area contributed by atoms with E-state index in [1.165, 1.54) is 47.7 Å². The molecule has 2 aromatic rings. The zero-order valence-electron chi connectivity index (χ0n) is 21.9. The second-order valence-corrected chi connectivity index (χ2v) is 10.1. The second-order valence-electron chi connectivity index (χ2n) is 8.85. The van der Waals surface area contributed by atoms with Crippen molar-refractivity contribution in [3.8, 4) is 0 Å². The average molecular weight is 587 g/mol. The zero-order valence-corrected chi connectivity index (χ0v) is 22.8. The first-order valence-electron chi connectivity index (χ1n) is 12.3. The van der Waals surface area contributed by atoms with Gasteiger partial charge in [0.05, 0.1) is 31.3 Å². The predicted molar refractivity (Wildman–Crippen MR) is 139 cm³/mol. The van der Waals surface area contributed by atoms with E-state index in [0.29, 0.717) is 6.54 Å². The molecule has 220 valence electrons. The van der Waals surface area contributed by atoms with E-state index < -0.39 is 56.2 Å². The molecule has 16 nitrogen and oxygen atoms in total. The molecule has 3 rings (SSSR count). The molecule has 0 aromatic carbocycles. The zero-order chi connectivity index (χ0) is 29.6. The third-order valence-corrected chi connectivity index (χ3v) is 6.55. The highest BCUT2D eigenvalue weighted by atomic mass is 31.2. The molecule has 1 aliphatic rings. The maximum Gasteiger partial charge on any atom is 0.469 e. The van der Waals surface area contributed by atoms with Crippen LogP contribution in [0.1, 0.15) is 13.3 Å². The van der Waals surface area contributed by atoms with Gasteiger partial charge in [-0.3, -0.25) is 23.8 Å². The van der Waals surface area contributed by atoms with Crippen LogP contribution in [0.5, 0.6) is 0 Å². The summed E-state index contributed by atoms with van der Waals surface area (Å²) in [4.78, 5) is 59.9. The summed E-state index contributed by atoms with van der Waals surface area (Å²) in [6, 6.07) is 0. The molecule has 0 spiro atoms. The molecule has 0 amide bonds. The summed E-state index contributed by atoms with van der Waals surface area (Å²) >= 11 is 0. The highest BCUT2D eigenvalue weighted by Gasteiger charge is 2.45. The van der Waals surface area contributed by atoms with Gasteiger partial charge in [-0.1, -0.05) is 19.6 Å². The molecule has 0 aliphatic carbocycles. The van der Waals surface area contributed by atoms with Crippen molar-refractivity contribution in [3.05, 3.63) is 63.7 Å². The molecule has 4 atom stereocenters. The first-order valence-corrected chi connectivity index (χ1v) is 13.8. The molecule has 1 fully saturated rings. The van der Waals surface area contributed by atoms with Gasteiger partial charge in [0.2, 0.25) is 6.23 Å². The number of imidazole rings is 1. The summed E-state index contributed by atoms with van der Waals surface area (Å²) in [5.74, 6) is -0.760. The molecule has 2 aromatic heterocycles. The lowest BCUT2D eigenvalue weighted by Crippen LogP contribution is -2.87. The minimum Gasteiger partial charge on any atom is -0.460 e. The number of aromatic nitrogens is 4. The van der Waals surface area contributed by atoms with Gasteiger partial charge in [0.1, 0.15) is 18.8 Å². The number of rotatable bonds is 13. The van der Waals surface area contributed by atoms with Crippen LogP contribution in [-0.2, 0) is 43.5 Å². The van der Waals surface area contributed by atoms with Crippen molar-refractivity contribution in [1.29, 1.82) is 0 Å². The maximum absolute atomic E-state index is 13.0. The molecule has 1 aliphatic heterocycles. The highest BCUT2D eigenvalue weighted by molar-refractivity contribution is 7.46. The van der Waals surface area contributed by atoms with E-state index in [-0.39, 0.29) is 29.9 Å². The summed E-state index contributed by atoms with van der Waals surface area (Å²) in [7, 11) is -3.27. The van der Waals surface area contributed by atoms with Crippen LogP contribution in [0.4, 0.5) is 0 Å². The number of aryl methyl sites for hydroxylation is 2. The van der Waals surface area contributed by atoms with Gasteiger partial charge in [-0.25, -0.2) is 19.1 Å². The van der Waals surface area contributed by atoms with Crippen LogP contribution in [0.15, 0.2) is 52.5 Å². The Balaban J connectivity index is 1.58. The maximum atomic E-state index is 13.0. The smallest absolute Gasteiger partial charge is 0.460 e. The van der Waals surface area contributed by atoms with E-state index in [1.54, 1.807) is 4.57 Å². The summed E-state index contributed by atoms with van der Waals surface area (Å²) in [6.45, 7) is 5.00. The number of nitrogens with two attached hydrogens (primary N) is 1. The Morgan fingerprint density at radius 2 is 2.00 bits per heavy atom. The number of carbonyl (C=O) groups is 1. The molecule has 0 saturated carbocycles. The minimum atomic E-state index is -4.77. The Labute approximate surface area is 227 Å². The van der Waals surface area contributed by atoms with Gasteiger partial charge in [-0.15, -0.1) is 0 Å². The molecule has 0 bridgehead atoms. The fourth-order valence-corrected chi connectivity index (χ4v) is 4.38. The fourth-order valence-electron chi connectivity index (χ4n) is 4.04. The number of phosphoric acid groups is 1. The summed E-state index contributed by atoms with van der Waals surface area (Å²) < 4.78 is 29.6. The number of hydrogen-bond donors (Lipinski definition) is 5. The van der Waals surface area contributed by atoms with Crippen molar-refractivity contribution in [2.75, 3.05) is 13.2 Å². The van der Waals surface area contributed by atoms with Crippen LogP contribution in [0.3, 0.4) is 0 Å². The van der Waals surface area contributed by atoms with E-state index in [9.17, 15) is 29.2 Å². The number of carbonyl (C=O) groups excluding carboxylic acids is 1. The van der Waals surface area contributed by atoms with Gasteiger partial charge in [0.15, 0.2) is 17.3 Å². The van der Waals surface area contributed by atoms with Crippen molar-refractivity contribution < 1.29 is 48.7 Å². The lowest BCUT2D eigenvalue weighted by molar-refractivity contribution is -0.674. The Kier molecular flexibility index (Phi) is 10.5. The van der Waals surface area contributed by atoms with E-state index in [4.69, 9.17) is 19.3 Å². The normalized spacial score (nSPS) is 21.9. The Morgan fingerprint density at radius 3 is 2.65 bits per heavy atom. The topological polar surface area (TPSA) is 221 Å². The predicted octanol–water partition coefficient (Wildman–Crippen LogP) is -2.40. The van der Waals surface area contributed by atoms with Crippen LogP contribution in [0.25, 0.3) is 11.2 Å². The van der Waals surface area contributed by atoms with Gasteiger partial charge in [0.25, 0.3) is 5.56 Å². The fraction of sp³-hybridized carbons (Fsp3) is 0.478. The number of allylic oxidation sites excluding steroid dienone is 2. The van der Waals surface area contributed by atoms with Crippen LogP contribution in [0, 0.1) is 0 Å². The largest absolute Gasteiger partial charge is 0.469 e. The van der Waals surface area contributed by atoms with Crippen molar-refractivity contribution in [3.63, 3.8) is 0 Å². The van der Waals surface area contributed by atoms with Crippen LogP contribution in [-0.4, -0.2) is 82.4 Å². The Bertz CT molecular complexity index is 1450. The van der Waals surface area contributed by atoms with Gasteiger partial charge >= 0.3 is 19.5 Å². The third kappa shape index (κ3) is 7.30. The molecule has 0 radical (unpaired) electrons. The van der Waals surface area contributed by atoms with Crippen molar-refractivity contribution in [2.24, 2.45) is 7.05 Å². The number of esters is 1. The average Bonchev–Trinajstić information content (AvgIpc) is 3.44. The van der Waals surface area contributed by atoms with Gasteiger partial charge < -0.3 is 34.0 Å². The number of aliphatic hydroxyl groups excluding tert-OH is 2. The molecule has 6 N–H and O–H groups in total. The summed E-state index contributed by atoms with van der Waals surface area (Å²) in [5, 5.41) is 21.4. The molecule has 1 saturated heterocycles. The van der Waals surface area contributed by atoms with Crippen molar-refractivity contribution in [2.45, 2.75) is 51.0 Å². The second kappa shape index (κ2) is 13.4. The quantitative estimate of drug-likeness (QED) is 0.0717. The van der Waals surface area contributed by atoms with E-state index in [0.717, 1.165) is 11.0 Å². The van der Waals surface area contributed by atoms with Crippen molar-refractivity contribution >= 4 is 25.0 Å². The molecular formula is C23H33N5O11P+. The van der Waals surface area contributed by atoms with E-state index in [1.807, 2.05) is 6.92 Å². The Hall–Kier alpha value is -3.21. The first-order chi connectivity index (χ1) is 18.9. The van der Waals surface area contributed by atoms with Gasteiger partial charge in [-0.2, -0.15) is 0 Å². The van der Waals surface area contributed by atoms with E-state index >= 15 is 0 Å². The lowest BCUT2D eigenvalue weighted by Gasteiger charge is -2.13. The molecule has 40 heavy (non-hydrogen) atoms. The van der Waals surface area contributed by atoms with Gasteiger partial charge in [0, 0.05) is 13.6 Å².